The number of halogens is 3. The first kappa shape index (κ1) is 15.9. The van der Waals surface area contributed by atoms with Crippen molar-refractivity contribution in [1.82, 2.24) is 15.0 Å². The Morgan fingerprint density at radius 2 is 1.71 bits per heavy atom. The van der Waals surface area contributed by atoms with Crippen LogP contribution >= 0.6 is 0 Å². The second-order valence-electron chi connectivity index (χ2n) is 4.89. The first-order valence-electron chi connectivity index (χ1n) is 6.92. The van der Waals surface area contributed by atoms with Crippen molar-refractivity contribution in [1.29, 1.82) is 0 Å². The average Bonchev–Trinajstić information content (AvgIpc) is 2.61. The van der Waals surface area contributed by atoms with Crippen molar-refractivity contribution < 1.29 is 13.2 Å². The topological polar surface area (TPSA) is 76.7 Å². The Morgan fingerprint density at radius 3 is 2.38 bits per heavy atom. The molecule has 3 N–H and O–H groups in total. The van der Waals surface area contributed by atoms with E-state index in [9.17, 15) is 13.2 Å². The lowest BCUT2D eigenvalue weighted by Gasteiger charge is -2.12. The molecule has 5 nitrogen and oxygen atoms in total. The molecule has 0 bridgehead atoms. The van der Waals surface area contributed by atoms with Crippen LogP contribution in [0.5, 0.6) is 0 Å². The number of alkyl halides is 3. The number of aromatic nitrogens is 3. The molecule has 3 aromatic rings. The smallest absolute Gasteiger partial charge is 0.308 e. The summed E-state index contributed by atoms with van der Waals surface area (Å²) in [5, 5.41) is 0. The summed E-state index contributed by atoms with van der Waals surface area (Å²) in [4.78, 5) is 11.2. The van der Waals surface area contributed by atoms with Gasteiger partial charge in [0.25, 0.3) is 0 Å². The highest BCUT2D eigenvalue weighted by atomic mass is 19.4. The van der Waals surface area contributed by atoms with E-state index in [4.69, 9.17) is 5.84 Å². The number of nitrogens with zero attached hydrogens (tertiary/aromatic N) is 3. The van der Waals surface area contributed by atoms with Gasteiger partial charge in [-0.15, -0.1) is 0 Å². The fourth-order valence-corrected chi connectivity index (χ4v) is 2.22. The molecule has 0 saturated carbocycles. The fraction of sp³-hybridized carbons (Fsp3) is 0.0625. The minimum absolute atomic E-state index is 0.155. The van der Waals surface area contributed by atoms with Crippen LogP contribution in [0, 0.1) is 0 Å². The van der Waals surface area contributed by atoms with Gasteiger partial charge in [0, 0.05) is 23.5 Å². The second kappa shape index (κ2) is 6.25. The average molecular weight is 331 g/mol. The van der Waals surface area contributed by atoms with Crippen LogP contribution in [-0.2, 0) is 6.18 Å². The number of hydrazine groups is 1. The molecule has 0 aliphatic carbocycles. The Morgan fingerprint density at radius 1 is 0.958 bits per heavy atom. The van der Waals surface area contributed by atoms with Crippen molar-refractivity contribution in [3.63, 3.8) is 0 Å². The van der Waals surface area contributed by atoms with Crippen molar-refractivity contribution >= 4 is 5.82 Å². The standard InChI is InChI=1S/C16H12F3N5/c17-16(18,19)15-22-9-12(10-4-2-1-3-5-10)14(23-15)11-6-7-21-13(8-11)24-20/h1-9H,20H2,(H,21,24). The molecule has 24 heavy (non-hydrogen) atoms. The molecule has 2 aromatic heterocycles. The summed E-state index contributed by atoms with van der Waals surface area (Å²) in [5.41, 5.74) is 4.16. The summed E-state index contributed by atoms with van der Waals surface area (Å²) in [7, 11) is 0. The van der Waals surface area contributed by atoms with Crippen LogP contribution in [0.25, 0.3) is 22.4 Å². The number of anilines is 1. The van der Waals surface area contributed by atoms with E-state index in [0.717, 1.165) is 0 Å². The molecule has 0 spiro atoms. The van der Waals surface area contributed by atoms with E-state index in [1.807, 2.05) is 6.07 Å². The Bertz CT molecular complexity index is 850. The summed E-state index contributed by atoms with van der Waals surface area (Å²) in [6.07, 6.45) is -2.02. The number of nitrogens with one attached hydrogen (secondary N) is 1. The molecule has 0 fully saturated rings. The Balaban J connectivity index is 2.23. The van der Waals surface area contributed by atoms with Gasteiger partial charge in [0.2, 0.25) is 5.82 Å². The fourth-order valence-electron chi connectivity index (χ4n) is 2.22. The minimum Gasteiger partial charge on any atom is -0.308 e. The zero-order valence-electron chi connectivity index (χ0n) is 12.2. The third-order valence-electron chi connectivity index (χ3n) is 3.31. The molecular formula is C16H12F3N5. The van der Waals surface area contributed by atoms with E-state index in [0.29, 0.717) is 22.5 Å². The molecule has 1 aromatic carbocycles. The van der Waals surface area contributed by atoms with Gasteiger partial charge in [-0.25, -0.2) is 20.8 Å². The van der Waals surface area contributed by atoms with Gasteiger partial charge in [-0.05, 0) is 17.7 Å². The molecule has 2 heterocycles. The molecule has 0 atom stereocenters. The molecular weight excluding hydrogens is 319 g/mol. The Hall–Kier alpha value is -3.00. The third-order valence-corrected chi connectivity index (χ3v) is 3.31. The molecule has 8 heteroatoms. The number of nitrogen functional groups attached to an aromatic ring is 1. The highest BCUT2D eigenvalue weighted by Crippen LogP contribution is 2.34. The Labute approximate surface area is 135 Å². The maximum Gasteiger partial charge on any atom is 0.451 e. The third kappa shape index (κ3) is 3.18. The number of rotatable bonds is 3. The van der Waals surface area contributed by atoms with Crippen molar-refractivity contribution in [2.45, 2.75) is 6.18 Å². The zero-order valence-corrected chi connectivity index (χ0v) is 12.2. The lowest BCUT2D eigenvalue weighted by Crippen LogP contribution is -2.12. The van der Waals surface area contributed by atoms with Crippen LogP contribution in [0.1, 0.15) is 5.82 Å². The van der Waals surface area contributed by atoms with E-state index in [2.05, 4.69) is 20.4 Å². The van der Waals surface area contributed by atoms with Gasteiger partial charge in [-0.2, -0.15) is 13.2 Å². The van der Waals surface area contributed by atoms with Crippen LogP contribution < -0.4 is 11.3 Å². The lowest BCUT2D eigenvalue weighted by molar-refractivity contribution is -0.144. The summed E-state index contributed by atoms with van der Waals surface area (Å²) in [6.45, 7) is 0. The van der Waals surface area contributed by atoms with E-state index in [1.54, 1.807) is 30.3 Å². The molecule has 0 radical (unpaired) electrons. The number of pyridine rings is 1. The van der Waals surface area contributed by atoms with Crippen molar-refractivity contribution in [2.75, 3.05) is 5.43 Å². The predicted octanol–water partition coefficient (Wildman–Crippen LogP) is 3.51. The number of hydrogen-bond donors (Lipinski definition) is 2. The summed E-state index contributed by atoms with van der Waals surface area (Å²) in [6, 6.07) is 12.0. The first-order chi connectivity index (χ1) is 11.5. The number of nitrogens with two attached hydrogens (primary N) is 1. The lowest BCUT2D eigenvalue weighted by atomic mass is 10.0. The van der Waals surface area contributed by atoms with E-state index < -0.39 is 12.0 Å². The normalized spacial score (nSPS) is 11.3. The van der Waals surface area contributed by atoms with Gasteiger partial charge in [0.15, 0.2) is 0 Å². The first-order valence-corrected chi connectivity index (χ1v) is 6.92. The molecule has 122 valence electrons. The highest BCUT2D eigenvalue weighted by Gasteiger charge is 2.35. The van der Waals surface area contributed by atoms with E-state index in [-0.39, 0.29) is 5.69 Å². The van der Waals surface area contributed by atoms with Crippen LogP contribution in [0.2, 0.25) is 0 Å². The van der Waals surface area contributed by atoms with Gasteiger partial charge in [0.05, 0.1) is 5.69 Å². The molecule has 0 aliphatic heterocycles. The number of benzene rings is 1. The number of hydrogen-bond acceptors (Lipinski definition) is 5. The van der Waals surface area contributed by atoms with Gasteiger partial charge in [-0.3, -0.25) is 0 Å². The van der Waals surface area contributed by atoms with Crippen molar-refractivity contribution in [3.8, 4) is 22.4 Å². The molecule has 0 saturated heterocycles. The summed E-state index contributed by atoms with van der Waals surface area (Å²) in [5.74, 6) is 4.44. The molecule has 0 aliphatic rings. The van der Waals surface area contributed by atoms with Crippen LogP contribution in [0.3, 0.4) is 0 Å². The highest BCUT2D eigenvalue weighted by molar-refractivity contribution is 5.80. The molecule has 3 rings (SSSR count). The van der Waals surface area contributed by atoms with E-state index in [1.165, 1.54) is 18.5 Å². The molecule has 0 amide bonds. The van der Waals surface area contributed by atoms with Gasteiger partial charge < -0.3 is 5.43 Å². The van der Waals surface area contributed by atoms with Crippen LogP contribution in [-0.4, -0.2) is 15.0 Å². The Kier molecular flexibility index (Phi) is 4.13. The van der Waals surface area contributed by atoms with Gasteiger partial charge in [-0.1, -0.05) is 30.3 Å². The summed E-state index contributed by atoms with van der Waals surface area (Å²) >= 11 is 0. The zero-order chi connectivity index (χ0) is 17.2. The van der Waals surface area contributed by atoms with E-state index >= 15 is 0 Å². The summed E-state index contributed by atoms with van der Waals surface area (Å²) < 4.78 is 39.0. The maximum atomic E-state index is 13.0. The van der Waals surface area contributed by atoms with Crippen LogP contribution in [0.15, 0.2) is 54.9 Å². The maximum absolute atomic E-state index is 13.0. The van der Waals surface area contributed by atoms with Crippen LogP contribution in [0.4, 0.5) is 19.0 Å². The quantitative estimate of drug-likeness (QED) is 0.567. The molecule has 0 unspecified atom stereocenters. The monoisotopic (exact) mass is 331 g/mol. The van der Waals surface area contributed by atoms with Gasteiger partial charge >= 0.3 is 6.18 Å². The minimum atomic E-state index is -4.63. The second-order valence-corrected chi connectivity index (χ2v) is 4.89. The predicted molar refractivity (Wildman–Crippen MR) is 83.5 cm³/mol. The SMILES string of the molecule is NNc1cc(-c2nc(C(F)(F)F)ncc2-c2ccccc2)ccn1. The van der Waals surface area contributed by atoms with Gasteiger partial charge in [0.1, 0.15) is 5.82 Å². The van der Waals surface area contributed by atoms with Crippen molar-refractivity contribution in [3.05, 3.63) is 60.7 Å². The largest absolute Gasteiger partial charge is 0.451 e. The van der Waals surface area contributed by atoms with Crippen molar-refractivity contribution in [2.24, 2.45) is 5.84 Å².